The maximum absolute atomic E-state index is 12.1. The summed E-state index contributed by atoms with van der Waals surface area (Å²) in [5.41, 5.74) is 1.82. The summed E-state index contributed by atoms with van der Waals surface area (Å²) >= 11 is 5.98. The lowest BCUT2D eigenvalue weighted by Gasteiger charge is -2.09. The van der Waals surface area contributed by atoms with Crippen LogP contribution in [0.3, 0.4) is 0 Å². The molecule has 19 heavy (non-hydrogen) atoms. The fraction of sp³-hybridized carbons (Fsp3) is 0.143. The van der Waals surface area contributed by atoms with E-state index in [2.05, 4.69) is 4.72 Å². The Bertz CT molecular complexity index is 669. The van der Waals surface area contributed by atoms with Crippen LogP contribution in [0.25, 0.3) is 0 Å². The minimum Gasteiger partial charge on any atom is -0.207 e. The molecule has 3 nitrogen and oxygen atoms in total. The molecule has 0 atom stereocenters. The van der Waals surface area contributed by atoms with E-state index in [4.69, 9.17) is 11.6 Å². The van der Waals surface area contributed by atoms with Crippen LogP contribution in [-0.2, 0) is 16.6 Å². The van der Waals surface area contributed by atoms with Gasteiger partial charge in [-0.1, -0.05) is 48.0 Å². The molecule has 0 aliphatic heterocycles. The smallest absolute Gasteiger partial charge is 0.207 e. The number of aryl methyl sites for hydroxylation is 1. The van der Waals surface area contributed by atoms with Gasteiger partial charge in [-0.25, -0.2) is 13.1 Å². The standard InChI is InChI=1S/C14H14ClNO2S/c1-11-7-8-14(13(15)9-11)19(17,18)16-10-12-5-3-2-4-6-12/h2-9,16H,10H2,1H3. The van der Waals surface area contributed by atoms with Crippen LogP contribution >= 0.6 is 11.6 Å². The third-order valence-electron chi connectivity index (χ3n) is 2.69. The number of rotatable bonds is 4. The number of benzene rings is 2. The maximum Gasteiger partial charge on any atom is 0.242 e. The number of nitrogens with one attached hydrogen (secondary N) is 1. The van der Waals surface area contributed by atoms with Gasteiger partial charge >= 0.3 is 0 Å². The van der Waals surface area contributed by atoms with Crippen LogP contribution in [0.1, 0.15) is 11.1 Å². The van der Waals surface area contributed by atoms with Crippen LogP contribution in [0.15, 0.2) is 53.4 Å². The van der Waals surface area contributed by atoms with Gasteiger partial charge < -0.3 is 0 Å². The van der Waals surface area contributed by atoms with Crippen LogP contribution in [-0.4, -0.2) is 8.42 Å². The van der Waals surface area contributed by atoms with Crippen LogP contribution < -0.4 is 4.72 Å². The summed E-state index contributed by atoms with van der Waals surface area (Å²) in [4.78, 5) is 0.107. The second kappa shape index (κ2) is 5.74. The second-order valence-electron chi connectivity index (χ2n) is 4.24. The van der Waals surface area contributed by atoms with Gasteiger partial charge in [-0.05, 0) is 30.2 Å². The topological polar surface area (TPSA) is 46.2 Å². The van der Waals surface area contributed by atoms with E-state index in [1.54, 1.807) is 12.1 Å². The Morgan fingerprint density at radius 1 is 1.11 bits per heavy atom. The molecule has 0 heterocycles. The normalized spacial score (nSPS) is 11.5. The van der Waals surface area contributed by atoms with Crippen molar-refractivity contribution in [2.45, 2.75) is 18.4 Å². The van der Waals surface area contributed by atoms with E-state index in [1.807, 2.05) is 37.3 Å². The molecular weight excluding hydrogens is 282 g/mol. The molecule has 2 aromatic rings. The van der Waals surface area contributed by atoms with Gasteiger partial charge in [0.2, 0.25) is 10.0 Å². The van der Waals surface area contributed by atoms with Crippen molar-refractivity contribution in [3.8, 4) is 0 Å². The monoisotopic (exact) mass is 295 g/mol. The predicted octanol–water partition coefficient (Wildman–Crippen LogP) is 3.13. The highest BCUT2D eigenvalue weighted by Gasteiger charge is 2.17. The molecule has 0 aromatic heterocycles. The molecule has 1 N–H and O–H groups in total. The number of hydrogen-bond acceptors (Lipinski definition) is 2. The van der Waals surface area contributed by atoms with Gasteiger partial charge in [0, 0.05) is 6.54 Å². The zero-order chi connectivity index (χ0) is 13.9. The molecule has 100 valence electrons. The molecular formula is C14H14ClNO2S. The molecule has 0 amide bonds. The third kappa shape index (κ3) is 3.56. The lowest BCUT2D eigenvalue weighted by molar-refractivity contribution is 0.581. The Balaban J connectivity index is 2.19. The van der Waals surface area contributed by atoms with Crippen LogP contribution in [0.5, 0.6) is 0 Å². The van der Waals surface area contributed by atoms with Gasteiger partial charge in [-0.15, -0.1) is 0 Å². The zero-order valence-corrected chi connectivity index (χ0v) is 12.0. The van der Waals surface area contributed by atoms with Crippen molar-refractivity contribution >= 4 is 21.6 Å². The molecule has 0 saturated heterocycles. The molecule has 0 spiro atoms. The Kier molecular flexibility index (Phi) is 4.24. The van der Waals surface area contributed by atoms with Gasteiger partial charge in [0.05, 0.1) is 5.02 Å². The fourth-order valence-corrected chi connectivity index (χ4v) is 3.29. The summed E-state index contributed by atoms with van der Waals surface area (Å²) in [5, 5.41) is 0.237. The van der Waals surface area contributed by atoms with E-state index >= 15 is 0 Å². The van der Waals surface area contributed by atoms with Gasteiger partial charge in [-0.3, -0.25) is 0 Å². The molecule has 2 aromatic carbocycles. The highest BCUT2D eigenvalue weighted by Crippen LogP contribution is 2.22. The van der Waals surface area contributed by atoms with E-state index in [0.717, 1.165) is 11.1 Å². The molecule has 2 rings (SSSR count). The van der Waals surface area contributed by atoms with E-state index < -0.39 is 10.0 Å². The first-order valence-electron chi connectivity index (χ1n) is 5.79. The Hall–Kier alpha value is -1.36. The van der Waals surface area contributed by atoms with Crippen molar-refractivity contribution in [2.24, 2.45) is 0 Å². The minimum atomic E-state index is -3.59. The Morgan fingerprint density at radius 2 is 1.79 bits per heavy atom. The molecule has 0 saturated carbocycles. The first-order chi connectivity index (χ1) is 8.99. The number of sulfonamides is 1. The van der Waals surface area contributed by atoms with Crippen molar-refractivity contribution in [1.29, 1.82) is 0 Å². The van der Waals surface area contributed by atoms with Gasteiger partial charge in [-0.2, -0.15) is 0 Å². The average Bonchev–Trinajstić information content (AvgIpc) is 2.37. The highest BCUT2D eigenvalue weighted by molar-refractivity contribution is 7.89. The minimum absolute atomic E-state index is 0.107. The van der Waals surface area contributed by atoms with Crippen molar-refractivity contribution in [3.05, 3.63) is 64.7 Å². The molecule has 5 heteroatoms. The highest BCUT2D eigenvalue weighted by atomic mass is 35.5. The van der Waals surface area contributed by atoms with Crippen molar-refractivity contribution < 1.29 is 8.42 Å². The third-order valence-corrected chi connectivity index (χ3v) is 4.57. The summed E-state index contributed by atoms with van der Waals surface area (Å²) < 4.78 is 26.8. The summed E-state index contributed by atoms with van der Waals surface area (Å²) in [5.74, 6) is 0. The largest absolute Gasteiger partial charge is 0.242 e. The lowest BCUT2D eigenvalue weighted by Crippen LogP contribution is -2.23. The van der Waals surface area contributed by atoms with Gasteiger partial charge in [0.1, 0.15) is 4.90 Å². The first kappa shape index (κ1) is 14.1. The molecule has 0 bridgehead atoms. The van der Waals surface area contributed by atoms with Crippen molar-refractivity contribution in [3.63, 3.8) is 0 Å². The predicted molar refractivity (Wildman–Crippen MR) is 76.7 cm³/mol. The fourth-order valence-electron chi connectivity index (χ4n) is 1.68. The second-order valence-corrected chi connectivity index (χ2v) is 6.39. The molecule has 0 aliphatic rings. The summed E-state index contributed by atoms with van der Waals surface area (Å²) in [6.07, 6.45) is 0. The maximum atomic E-state index is 12.1. The van der Waals surface area contributed by atoms with Crippen molar-refractivity contribution in [2.75, 3.05) is 0 Å². The molecule has 0 radical (unpaired) electrons. The van der Waals surface area contributed by atoms with Crippen molar-refractivity contribution in [1.82, 2.24) is 4.72 Å². The quantitative estimate of drug-likeness (QED) is 0.942. The molecule has 0 fully saturated rings. The summed E-state index contributed by atoms with van der Waals surface area (Å²) in [7, 11) is -3.59. The van der Waals surface area contributed by atoms with Gasteiger partial charge in [0.25, 0.3) is 0 Å². The van der Waals surface area contributed by atoms with Gasteiger partial charge in [0.15, 0.2) is 0 Å². The Labute approximate surface area is 118 Å². The SMILES string of the molecule is Cc1ccc(S(=O)(=O)NCc2ccccc2)c(Cl)c1. The van der Waals surface area contributed by atoms with E-state index in [1.165, 1.54) is 6.07 Å². The van der Waals surface area contributed by atoms with Crippen LogP contribution in [0.2, 0.25) is 5.02 Å². The zero-order valence-electron chi connectivity index (χ0n) is 10.4. The van der Waals surface area contributed by atoms with Crippen LogP contribution in [0.4, 0.5) is 0 Å². The van der Waals surface area contributed by atoms with E-state index in [9.17, 15) is 8.42 Å². The number of halogens is 1. The van der Waals surface area contributed by atoms with Crippen LogP contribution in [0, 0.1) is 6.92 Å². The molecule has 0 aliphatic carbocycles. The molecule has 0 unspecified atom stereocenters. The first-order valence-corrected chi connectivity index (χ1v) is 7.65. The summed E-state index contributed by atoms with van der Waals surface area (Å²) in [6.45, 7) is 2.10. The number of hydrogen-bond donors (Lipinski definition) is 1. The Morgan fingerprint density at radius 3 is 2.42 bits per heavy atom. The lowest BCUT2D eigenvalue weighted by atomic mass is 10.2. The van der Waals surface area contributed by atoms with E-state index in [0.29, 0.717) is 0 Å². The summed E-state index contributed by atoms with van der Waals surface area (Å²) in [6, 6.07) is 14.2. The average molecular weight is 296 g/mol. The van der Waals surface area contributed by atoms with E-state index in [-0.39, 0.29) is 16.5 Å².